The van der Waals surface area contributed by atoms with E-state index in [1.54, 1.807) is 36.7 Å². The summed E-state index contributed by atoms with van der Waals surface area (Å²) in [4.78, 5) is 32.3. The first-order valence-corrected chi connectivity index (χ1v) is 7.83. The molecule has 0 radical (unpaired) electrons. The van der Waals surface area contributed by atoms with Gasteiger partial charge in [-0.25, -0.2) is 4.90 Å². The van der Waals surface area contributed by atoms with E-state index in [2.05, 4.69) is 4.98 Å². The zero-order chi connectivity index (χ0) is 16.4. The van der Waals surface area contributed by atoms with Crippen LogP contribution >= 0.6 is 11.8 Å². The summed E-state index contributed by atoms with van der Waals surface area (Å²) in [6.45, 7) is 0. The summed E-state index contributed by atoms with van der Waals surface area (Å²) in [5.74, 6) is -0.304. The van der Waals surface area contributed by atoms with Crippen LogP contribution in [-0.2, 0) is 4.79 Å². The van der Waals surface area contributed by atoms with Crippen LogP contribution in [0.2, 0.25) is 0 Å². The van der Waals surface area contributed by atoms with Crippen LogP contribution in [0, 0.1) is 0 Å². The van der Waals surface area contributed by atoms with Crippen molar-refractivity contribution in [2.24, 2.45) is 0 Å². The van der Waals surface area contributed by atoms with Crippen LogP contribution < -0.4 is 9.80 Å². The van der Waals surface area contributed by atoms with Crippen molar-refractivity contribution in [2.45, 2.75) is 0 Å². The summed E-state index contributed by atoms with van der Waals surface area (Å²) in [7, 11) is 3.87. The molecule has 23 heavy (non-hydrogen) atoms. The Hall–Kier alpha value is -2.60. The number of rotatable bonds is 3. The summed E-state index contributed by atoms with van der Waals surface area (Å²) < 4.78 is 0. The number of imide groups is 1. The second kappa shape index (κ2) is 6.26. The molecule has 116 valence electrons. The Labute approximate surface area is 138 Å². The highest BCUT2D eigenvalue weighted by molar-refractivity contribution is 8.19. The van der Waals surface area contributed by atoms with E-state index in [0.717, 1.165) is 23.0 Å². The molecule has 0 atom stereocenters. The zero-order valence-electron chi connectivity index (χ0n) is 12.8. The van der Waals surface area contributed by atoms with Crippen molar-refractivity contribution < 1.29 is 9.59 Å². The average molecular weight is 325 g/mol. The maximum absolute atomic E-state index is 12.5. The van der Waals surface area contributed by atoms with E-state index in [1.165, 1.54) is 4.90 Å². The van der Waals surface area contributed by atoms with Gasteiger partial charge in [-0.2, -0.15) is 0 Å². The largest absolute Gasteiger partial charge is 0.378 e. The van der Waals surface area contributed by atoms with Crippen LogP contribution in [-0.4, -0.2) is 30.2 Å². The van der Waals surface area contributed by atoms with Gasteiger partial charge in [0, 0.05) is 32.2 Å². The lowest BCUT2D eigenvalue weighted by atomic mass is 10.2. The lowest BCUT2D eigenvalue weighted by Crippen LogP contribution is -2.27. The third-order valence-corrected chi connectivity index (χ3v) is 4.27. The van der Waals surface area contributed by atoms with Gasteiger partial charge in [-0.15, -0.1) is 0 Å². The maximum Gasteiger partial charge on any atom is 0.298 e. The smallest absolute Gasteiger partial charge is 0.298 e. The highest BCUT2D eigenvalue weighted by Crippen LogP contribution is 2.36. The summed E-state index contributed by atoms with van der Waals surface area (Å²) in [6, 6.07) is 10.9. The Morgan fingerprint density at radius 2 is 1.87 bits per heavy atom. The molecule has 0 bridgehead atoms. The van der Waals surface area contributed by atoms with E-state index in [9.17, 15) is 9.59 Å². The van der Waals surface area contributed by atoms with E-state index in [-0.39, 0.29) is 11.1 Å². The number of nitrogens with zero attached hydrogens (tertiary/aromatic N) is 3. The van der Waals surface area contributed by atoms with Crippen LogP contribution in [0.25, 0.3) is 6.08 Å². The number of benzene rings is 1. The van der Waals surface area contributed by atoms with Gasteiger partial charge in [0.2, 0.25) is 0 Å². The first-order chi connectivity index (χ1) is 11.1. The fourth-order valence-corrected chi connectivity index (χ4v) is 3.04. The van der Waals surface area contributed by atoms with Gasteiger partial charge in [0.15, 0.2) is 0 Å². The van der Waals surface area contributed by atoms with E-state index in [4.69, 9.17) is 0 Å². The molecule has 1 aromatic carbocycles. The molecule has 1 fully saturated rings. The second-order valence-corrected chi connectivity index (χ2v) is 6.21. The number of amides is 2. The van der Waals surface area contributed by atoms with Gasteiger partial charge in [0.1, 0.15) is 0 Å². The Morgan fingerprint density at radius 3 is 2.48 bits per heavy atom. The Kier molecular flexibility index (Phi) is 4.16. The van der Waals surface area contributed by atoms with E-state index in [1.807, 2.05) is 37.2 Å². The van der Waals surface area contributed by atoms with Gasteiger partial charge in [-0.05, 0) is 53.7 Å². The predicted molar refractivity (Wildman–Crippen MR) is 93.5 cm³/mol. The third-order valence-electron chi connectivity index (χ3n) is 3.40. The number of thioether (sulfide) groups is 1. The van der Waals surface area contributed by atoms with Crippen molar-refractivity contribution in [1.29, 1.82) is 0 Å². The quantitative estimate of drug-likeness (QED) is 0.810. The van der Waals surface area contributed by atoms with Gasteiger partial charge in [-0.1, -0.05) is 6.07 Å². The van der Waals surface area contributed by atoms with E-state index >= 15 is 0 Å². The molecule has 1 aliphatic rings. The van der Waals surface area contributed by atoms with Gasteiger partial charge in [0.25, 0.3) is 11.1 Å². The van der Waals surface area contributed by atoms with Crippen LogP contribution in [0.4, 0.5) is 16.2 Å². The fraction of sp³-hybridized carbons (Fsp3) is 0.118. The molecule has 0 saturated carbocycles. The number of hydrogen-bond donors (Lipinski definition) is 0. The molecule has 1 saturated heterocycles. The first-order valence-electron chi connectivity index (χ1n) is 7.01. The summed E-state index contributed by atoms with van der Waals surface area (Å²) in [5, 5.41) is -0.289. The van der Waals surface area contributed by atoms with E-state index in [0.29, 0.717) is 10.6 Å². The molecule has 0 N–H and O–H groups in total. The van der Waals surface area contributed by atoms with Gasteiger partial charge >= 0.3 is 0 Å². The highest BCUT2D eigenvalue weighted by atomic mass is 32.2. The monoisotopic (exact) mass is 325 g/mol. The van der Waals surface area contributed by atoms with E-state index < -0.39 is 0 Å². The molecule has 1 aliphatic heterocycles. The molecule has 0 unspecified atom stereocenters. The molecule has 5 nitrogen and oxygen atoms in total. The standard InChI is InChI=1S/C17H15N3O2S/c1-19(2)13-5-7-14(8-6-13)20-16(21)15(23-17(20)22)10-12-4-3-9-18-11-12/h3-11H,1-2H3/b15-10-. The normalized spacial score (nSPS) is 16.3. The summed E-state index contributed by atoms with van der Waals surface area (Å²) in [6.07, 6.45) is 5.00. The Morgan fingerprint density at radius 1 is 1.13 bits per heavy atom. The molecule has 1 aromatic heterocycles. The van der Waals surface area contributed by atoms with Crippen LogP contribution in [0.1, 0.15) is 5.56 Å². The van der Waals surface area contributed by atoms with Crippen LogP contribution in [0.5, 0.6) is 0 Å². The molecule has 0 spiro atoms. The molecule has 2 heterocycles. The average Bonchev–Trinajstić information content (AvgIpc) is 2.82. The van der Waals surface area contributed by atoms with Crippen molar-refractivity contribution in [2.75, 3.05) is 23.9 Å². The lowest BCUT2D eigenvalue weighted by molar-refractivity contribution is -0.113. The number of carbonyl (C=O) groups excluding carboxylic acids is 2. The van der Waals surface area contributed by atoms with Crippen molar-refractivity contribution in [3.63, 3.8) is 0 Å². The van der Waals surface area contributed by atoms with Gasteiger partial charge in [0.05, 0.1) is 10.6 Å². The van der Waals surface area contributed by atoms with Crippen LogP contribution in [0.3, 0.4) is 0 Å². The number of anilines is 2. The van der Waals surface area contributed by atoms with Gasteiger partial charge < -0.3 is 4.90 Å². The predicted octanol–water partition coefficient (Wildman–Crippen LogP) is 3.39. The molecule has 3 rings (SSSR count). The molecular weight excluding hydrogens is 310 g/mol. The molecule has 2 amide bonds. The SMILES string of the molecule is CN(C)c1ccc(N2C(=O)S/C(=C\c3cccnc3)C2=O)cc1. The Balaban J connectivity index is 1.88. The second-order valence-electron chi connectivity index (χ2n) is 5.21. The molecule has 6 heteroatoms. The molecular formula is C17H15N3O2S. The maximum atomic E-state index is 12.5. The summed E-state index contributed by atoms with van der Waals surface area (Å²) >= 11 is 0.942. The van der Waals surface area contributed by atoms with Crippen molar-refractivity contribution in [1.82, 2.24) is 4.98 Å². The van der Waals surface area contributed by atoms with Crippen molar-refractivity contribution in [3.8, 4) is 0 Å². The summed E-state index contributed by atoms with van der Waals surface area (Å²) in [5.41, 5.74) is 2.38. The third kappa shape index (κ3) is 3.12. The minimum absolute atomic E-state index is 0.289. The fourth-order valence-electron chi connectivity index (χ4n) is 2.20. The lowest BCUT2D eigenvalue weighted by Gasteiger charge is -2.16. The minimum Gasteiger partial charge on any atom is -0.378 e. The molecule has 0 aliphatic carbocycles. The number of aromatic nitrogens is 1. The first kappa shape index (κ1) is 15.3. The molecule has 2 aromatic rings. The van der Waals surface area contributed by atoms with Crippen LogP contribution in [0.15, 0.2) is 53.7 Å². The van der Waals surface area contributed by atoms with Crippen molar-refractivity contribution in [3.05, 3.63) is 59.3 Å². The number of carbonyl (C=O) groups is 2. The Bertz CT molecular complexity index is 770. The highest BCUT2D eigenvalue weighted by Gasteiger charge is 2.36. The van der Waals surface area contributed by atoms with Gasteiger partial charge in [-0.3, -0.25) is 14.6 Å². The number of pyridine rings is 1. The zero-order valence-corrected chi connectivity index (χ0v) is 13.6. The minimum atomic E-state index is -0.304. The number of hydrogen-bond acceptors (Lipinski definition) is 5. The topological polar surface area (TPSA) is 53.5 Å². The van der Waals surface area contributed by atoms with Crippen molar-refractivity contribution >= 4 is 40.4 Å².